The van der Waals surface area contributed by atoms with Crippen molar-refractivity contribution in [2.45, 2.75) is 20.8 Å². The smallest absolute Gasteiger partial charge is 0.326 e. The number of rotatable bonds is 5. The minimum atomic E-state index is -0.508. The molecule has 2 aromatic carbocycles. The zero-order valence-electron chi connectivity index (χ0n) is 17.1. The second-order valence-electron chi connectivity index (χ2n) is 7.02. The van der Waals surface area contributed by atoms with Crippen LogP contribution in [0, 0.1) is 19.7 Å². The summed E-state index contributed by atoms with van der Waals surface area (Å²) < 4.78 is 18.0. The summed E-state index contributed by atoms with van der Waals surface area (Å²) in [5, 5.41) is 0. The molecule has 0 saturated heterocycles. The highest BCUT2D eigenvalue weighted by molar-refractivity contribution is 6.15. The van der Waals surface area contributed by atoms with E-state index in [2.05, 4.69) is 0 Å². The molecule has 0 aromatic heterocycles. The van der Waals surface area contributed by atoms with Crippen molar-refractivity contribution in [3.63, 3.8) is 0 Å². The predicted octanol–water partition coefficient (Wildman–Crippen LogP) is 3.40. The Balaban J connectivity index is 1.93. The molecule has 0 bridgehead atoms. The molecule has 0 spiro atoms. The summed E-state index contributed by atoms with van der Waals surface area (Å²) >= 11 is 0. The molecule has 0 atom stereocenters. The number of hydrogen-bond acceptors (Lipinski definition) is 4. The molecule has 0 N–H and O–H groups in total. The van der Waals surface area contributed by atoms with Gasteiger partial charge in [-0.2, -0.15) is 0 Å². The molecule has 30 heavy (non-hydrogen) atoms. The van der Waals surface area contributed by atoms with Crippen LogP contribution in [-0.2, 0) is 19.1 Å². The van der Waals surface area contributed by atoms with E-state index in [4.69, 9.17) is 4.74 Å². The van der Waals surface area contributed by atoms with Crippen molar-refractivity contribution in [3.05, 3.63) is 65.0 Å². The Morgan fingerprint density at radius 2 is 1.73 bits per heavy atom. The van der Waals surface area contributed by atoms with Crippen molar-refractivity contribution in [2.75, 3.05) is 29.5 Å². The Bertz CT molecular complexity index is 1010. The van der Waals surface area contributed by atoms with Gasteiger partial charge in [0.05, 0.1) is 18.0 Å². The van der Waals surface area contributed by atoms with E-state index in [0.29, 0.717) is 16.9 Å². The van der Waals surface area contributed by atoms with Crippen LogP contribution in [0.1, 0.15) is 23.6 Å². The molecule has 0 aliphatic carbocycles. The SMILES string of the molecule is CCOC(=O)CN1C(=O)CN(C(=O)/C=C/c2ccc(F)cc2)c2cc(C)c(C)cc21. The van der Waals surface area contributed by atoms with Gasteiger partial charge >= 0.3 is 5.97 Å². The normalized spacial score (nSPS) is 13.5. The zero-order valence-corrected chi connectivity index (χ0v) is 17.1. The molecule has 156 valence electrons. The molecule has 2 amide bonds. The van der Waals surface area contributed by atoms with Gasteiger partial charge in [-0.1, -0.05) is 12.1 Å². The number of carbonyl (C=O) groups is 3. The van der Waals surface area contributed by atoms with Gasteiger partial charge in [-0.25, -0.2) is 4.39 Å². The number of aryl methyl sites for hydroxylation is 2. The molecule has 0 radical (unpaired) electrons. The molecular formula is C23H23FN2O4. The van der Waals surface area contributed by atoms with Gasteiger partial charge in [-0.3, -0.25) is 24.2 Å². The zero-order chi connectivity index (χ0) is 21.8. The Morgan fingerprint density at radius 3 is 2.37 bits per heavy atom. The van der Waals surface area contributed by atoms with Crippen LogP contribution in [0.15, 0.2) is 42.5 Å². The molecule has 1 heterocycles. The fourth-order valence-corrected chi connectivity index (χ4v) is 3.20. The minimum Gasteiger partial charge on any atom is -0.465 e. The van der Waals surface area contributed by atoms with Gasteiger partial charge in [0.25, 0.3) is 5.91 Å². The molecule has 0 fully saturated rings. The van der Waals surface area contributed by atoms with E-state index in [0.717, 1.165) is 11.1 Å². The number of anilines is 2. The van der Waals surface area contributed by atoms with Gasteiger partial charge in [0.15, 0.2) is 0 Å². The third kappa shape index (κ3) is 4.56. The highest BCUT2D eigenvalue weighted by atomic mass is 19.1. The summed E-state index contributed by atoms with van der Waals surface area (Å²) in [6.45, 7) is 5.33. The van der Waals surface area contributed by atoms with Crippen LogP contribution in [-0.4, -0.2) is 37.5 Å². The fourth-order valence-electron chi connectivity index (χ4n) is 3.20. The lowest BCUT2D eigenvalue weighted by Crippen LogP contribution is -2.49. The van der Waals surface area contributed by atoms with E-state index in [1.807, 2.05) is 19.9 Å². The summed E-state index contributed by atoms with van der Waals surface area (Å²) in [7, 11) is 0. The van der Waals surface area contributed by atoms with Gasteiger partial charge in [-0.05, 0) is 67.8 Å². The number of ether oxygens (including phenoxy) is 1. The van der Waals surface area contributed by atoms with Crippen LogP contribution in [0.2, 0.25) is 0 Å². The van der Waals surface area contributed by atoms with Crippen molar-refractivity contribution in [1.82, 2.24) is 0 Å². The summed E-state index contributed by atoms with van der Waals surface area (Å²) in [5.74, 6) is -1.62. The second-order valence-corrected chi connectivity index (χ2v) is 7.02. The Labute approximate surface area is 174 Å². The van der Waals surface area contributed by atoms with Crippen LogP contribution in [0.5, 0.6) is 0 Å². The Hall–Kier alpha value is -3.48. The van der Waals surface area contributed by atoms with Crippen LogP contribution >= 0.6 is 0 Å². The lowest BCUT2D eigenvalue weighted by molar-refractivity contribution is -0.142. The number of amides is 2. The van der Waals surface area contributed by atoms with Gasteiger partial charge < -0.3 is 4.74 Å². The first-order valence-electron chi connectivity index (χ1n) is 9.62. The maximum Gasteiger partial charge on any atom is 0.326 e. The third-order valence-corrected chi connectivity index (χ3v) is 4.91. The molecule has 7 heteroatoms. The molecule has 0 saturated carbocycles. The van der Waals surface area contributed by atoms with Crippen molar-refractivity contribution in [1.29, 1.82) is 0 Å². The average molecular weight is 410 g/mol. The van der Waals surface area contributed by atoms with Gasteiger partial charge in [0, 0.05) is 6.08 Å². The van der Waals surface area contributed by atoms with E-state index in [9.17, 15) is 18.8 Å². The first-order chi connectivity index (χ1) is 14.3. The van der Waals surface area contributed by atoms with Crippen LogP contribution in [0.4, 0.5) is 15.8 Å². The van der Waals surface area contributed by atoms with Gasteiger partial charge in [-0.15, -0.1) is 0 Å². The van der Waals surface area contributed by atoms with E-state index >= 15 is 0 Å². The molecule has 1 aliphatic heterocycles. The first-order valence-corrected chi connectivity index (χ1v) is 9.62. The maximum atomic E-state index is 13.1. The molecular weight excluding hydrogens is 387 g/mol. The maximum absolute atomic E-state index is 13.1. The van der Waals surface area contributed by atoms with Crippen LogP contribution in [0.3, 0.4) is 0 Å². The van der Waals surface area contributed by atoms with E-state index < -0.39 is 5.97 Å². The minimum absolute atomic E-state index is 0.193. The van der Waals surface area contributed by atoms with Crippen molar-refractivity contribution >= 4 is 35.2 Å². The topological polar surface area (TPSA) is 66.9 Å². The van der Waals surface area contributed by atoms with Gasteiger partial charge in [0.1, 0.15) is 18.9 Å². The Morgan fingerprint density at radius 1 is 1.10 bits per heavy atom. The third-order valence-electron chi connectivity index (χ3n) is 4.91. The summed E-state index contributed by atoms with van der Waals surface area (Å²) in [6.07, 6.45) is 2.92. The van der Waals surface area contributed by atoms with E-state index in [-0.39, 0.29) is 37.3 Å². The lowest BCUT2D eigenvalue weighted by Gasteiger charge is -2.36. The monoisotopic (exact) mass is 410 g/mol. The number of benzene rings is 2. The van der Waals surface area contributed by atoms with Crippen LogP contribution < -0.4 is 9.80 Å². The highest BCUT2D eigenvalue weighted by Crippen LogP contribution is 2.36. The number of hydrogen-bond donors (Lipinski definition) is 0. The summed E-state index contributed by atoms with van der Waals surface area (Å²) in [6, 6.07) is 9.36. The van der Waals surface area contributed by atoms with Crippen molar-refractivity contribution < 1.29 is 23.5 Å². The Kier molecular flexibility index (Phi) is 6.30. The van der Waals surface area contributed by atoms with Crippen molar-refractivity contribution in [2.24, 2.45) is 0 Å². The largest absolute Gasteiger partial charge is 0.465 e. The quantitative estimate of drug-likeness (QED) is 0.560. The highest BCUT2D eigenvalue weighted by Gasteiger charge is 2.33. The molecule has 1 aliphatic rings. The second kappa shape index (κ2) is 8.90. The summed E-state index contributed by atoms with van der Waals surface area (Å²) in [5.41, 5.74) is 3.60. The number of esters is 1. The fraction of sp³-hybridized carbons (Fsp3) is 0.261. The van der Waals surface area contributed by atoms with E-state index in [1.54, 1.807) is 31.2 Å². The lowest BCUT2D eigenvalue weighted by atomic mass is 10.0. The predicted molar refractivity (Wildman–Crippen MR) is 113 cm³/mol. The van der Waals surface area contributed by atoms with E-state index in [1.165, 1.54) is 28.0 Å². The number of halogens is 1. The molecule has 2 aromatic rings. The molecule has 0 unspecified atom stereocenters. The standard InChI is InChI=1S/C23H23FN2O4/c1-4-30-23(29)14-26-20-12-16(3)15(2)11-19(20)25(13-22(26)28)21(27)10-7-17-5-8-18(24)9-6-17/h5-12H,4,13-14H2,1-3H3/b10-7+. The molecule has 3 rings (SSSR count). The van der Waals surface area contributed by atoms with Gasteiger partial charge in [0.2, 0.25) is 5.91 Å². The molecule has 6 nitrogen and oxygen atoms in total. The van der Waals surface area contributed by atoms with Crippen molar-refractivity contribution in [3.8, 4) is 0 Å². The number of fused-ring (bicyclic) bond motifs is 1. The van der Waals surface area contributed by atoms with Crippen LogP contribution in [0.25, 0.3) is 6.08 Å². The first kappa shape index (κ1) is 21.2. The average Bonchev–Trinajstić information content (AvgIpc) is 2.71. The summed E-state index contributed by atoms with van der Waals surface area (Å²) in [4.78, 5) is 40.4. The number of carbonyl (C=O) groups excluding carboxylic acids is 3. The number of nitrogens with zero attached hydrogens (tertiary/aromatic N) is 2.